The lowest BCUT2D eigenvalue weighted by Crippen LogP contribution is -2.33. The van der Waals surface area contributed by atoms with Crippen LogP contribution in [0.2, 0.25) is 0 Å². The summed E-state index contributed by atoms with van der Waals surface area (Å²) in [7, 11) is 0. The molecule has 2 heterocycles. The minimum absolute atomic E-state index is 0.0904. The third-order valence-electron chi connectivity index (χ3n) is 3.97. The van der Waals surface area contributed by atoms with Gasteiger partial charge in [0, 0.05) is 12.2 Å². The van der Waals surface area contributed by atoms with Gasteiger partial charge in [0.15, 0.2) is 0 Å². The number of aliphatic carboxylic acids is 1. The Kier molecular flexibility index (Phi) is 5.54. The lowest BCUT2D eigenvalue weighted by atomic mass is 10.0. The molecular weight excluding hydrogens is 310 g/mol. The lowest BCUT2D eigenvalue weighted by Gasteiger charge is -2.13. The van der Waals surface area contributed by atoms with Crippen LogP contribution in [0.1, 0.15) is 61.3 Å². The van der Waals surface area contributed by atoms with Crippen molar-refractivity contribution in [2.45, 2.75) is 46.5 Å². The molecule has 7 heteroatoms. The van der Waals surface area contributed by atoms with Crippen LogP contribution in [0.3, 0.4) is 0 Å². The van der Waals surface area contributed by atoms with E-state index in [9.17, 15) is 14.7 Å². The van der Waals surface area contributed by atoms with Crippen LogP contribution in [-0.2, 0) is 4.79 Å². The second-order valence-electron chi connectivity index (χ2n) is 6.23. The van der Waals surface area contributed by atoms with E-state index in [4.69, 9.17) is 4.52 Å². The van der Waals surface area contributed by atoms with E-state index in [1.165, 1.54) is 0 Å². The molecule has 2 aromatic heterocycles. The van der Waals surface area contributed by atoms with Gasteiger partial charge in [-0.1, -0.05) is 32.3 Å². The number of aryl methyl sites for hydroxylation is 1. The Balaban J connectivity index is 2.31. The number of hydrogen-bond acceptors (Lipinski definition) is 5. The van der Waals surface area contributed by atoms with Gasteiger partial charge in [0.25, 0.3) is 11.6 Å². The van der Waals surface area contributed by atoms with Crippen molar-refractivity contribution in [2.75, 3.05) is 6.54 Å². The summed E-state index contributed by atoms with van der Waals surface area (Å²) in [5.41, 5.74) is 2.06. The molecular formula is C17H23N3O4. The van der Waals surface area contributed by atoms with E-state index in [0.717, 1.165) is 12.1 Å². The molecule has 0 aliphatic rings. The Morgan fingerprint density at radius 1 is 1.38 bits per heavy atom. The first-order valence-electron chi connectivity index (χ1n) is 8.13. The predicted octanol–water partition coefficient (Wildman–Crippen LogP) is 2.89. The molecule has 0 aliphatic carbocycles. The minimum atomic E-state index is -0.902. The molecule has 2 rings (SSSR count). The molecule has 1 atom stereocenters. The van der Waals surface area contributed by atoms with Crippen LogP contribution < -0.4 is 5.32 Å². The highest BCUT2D eigenvalue weighted by Gasteiger charge is 2.22. The summed E-state index contributed by atoms with van der Waals surface area (Å²) < 4.78 is 5.20. The maximum Gasteiger partial charge on any atom is 0.308 e. The maximum absolute atomic E-state index is 12.6. The number of amides is 1. The van der Waals surface area contributed by atoms with Crippen molar-refractivity contribution in [2.24, 2.45) is 5.92 Å². The Bertz CT molecular complexity index is 752. The molecule has 0 saturated heterocycles. The van der Waals surface area contributed by atoms with E-state index in [-0.39, 0.29) is 18.4 Å². The average molecular weight is 333 g/mol. The average Bonchev–Trinajstić information content (AvgIpc) is 2.91. The van der Waals surface area contributed by atoms with Crippen molar-refractivity contribution in [3.63, 3.8) is 0 Å². The van der Waals surface area contributed by atoms with Crippen LogP contribution in [-0.4, -0.2) is 33.7 Å². The zero-order chi connectivity index (χ0) is 17.9. The number of carboxylic acid groups (broad SMARTS) is 1. The molecule has 7 nitrogen and oxygen atoms in total. The predicted molar refractivity (Wildman–Crippen MR) is 89.0 cm³/mol. The highest BCUT2D eigenvalue weighted by Crippen LogP contribution is 2.25. The van der Waals surface area contributed by atoms with E-state index in [1.54, 1.807) is 13.0 Å². The van der Waals surface area contributed by atoms with E-state index < -0.39 is 11.9 Å². The number of aromatic nitrogens is 2. The molecule has 0 aliphatic heterocycles. The molecule has 1 amide bonds. The Morgan fingerprint density at radius 3 is 2.67 bits per heavy atom. The van der Waals surface area contributed by atoms with Gasteiger partial charge < -0.3 is 14.9 Å². The topological polar surface area (TPSA) is 105 Å². The largest absolute Gasteiger partial charge is 0.481 e. The Hall–Kier alpha value is -2.44. The molecule has 0 aromatic carbocycles. The fourth-order valence-corrected chi connectivity index (χ4v) is 2.56. The van der Waals surface area contributed by atoms with Gasteiger partial charge in [0.1, 0.15) is 0 Å². The normalized spacial score (nSPS) is 12.5. The molecule has 130 valence electrons. The first-order valence-corrected chi connectivity index (χ1v) is 8.13. The summed E-state index contributed by atoms with van der Waals surface area (Å²) in [6.07, 6.45) is 1.26. The van der Waals surface area contributed by atoms with Gasteiger partial charge in [0.05, 0.1) is 22.6 Å². The number of carboxylic acids is 1. The Labute approximate surface area is 140 Å². The molecule has 2 N–H and O–H groups in total. The van der Waals surface area contributed by atoms with Crippen molar-refractivity contribution >= 4 is 23.0 Å². The number of nitrogens with zero attached hydrogens (tertiary/aromatic N) is 2. The number of pyridine rings is 1. The van der Waals surface area contributed by atoms with Gasteiger partial charge in [-0.15, -0.1) is 0 Å². The number of carbonyl (C=O) groups excluding carboxylic acids is 1. The quantitative estimate of drug-likeness (QED) is 0.807. The van der Waals surface area contributed by atoms with Crippen LogP contribution in [0.25, 0.3) is 11.1 Å². The van der Waals surface area contributed by atoms with Gasteiger partial charge in [-0.25, -0.2) is 4.98 Å². The molecule has 0 radical (unpaired) electrons. The maximum atomic E-state index is 12.6. The van der Waals surface area contributed by atoms with Crippen molar-refractivity contribution < 1.29 is 19.2 Å². The summed E-state index contributed by atoms with van der Waals surface area (Å²) >= 11 is 0. The van der Waals surface area contributed by atoms with Crippen LogP contribution in [0.15, 0.2) is 10.6 Å². The molecule has 0 saturated carbocycles. The second-order valence-corrected chi connectivity index (χ2v) is 6.23. The number of hydrogen-bond donors (Lipinski definition) is 2. The summed E-state index contributed by atoms with van der Waals surface area (Å²) in [5.74, 6) is -1.71. The van der Waals surface area contributed by atoms with Gasteiger partial charge in [-0.05, 0) is 25.3 Å². The van der Waals surface area contributed by atoms with Gasteiger partial charge in [-0.2, -0.15) is 0 Å². The summed E-state index contributed by atoms with van der Waals surface area (Å²) in [6.45, 7) is 7.70. The smallest absolute Gasteiger partial charge is 0.308 e. The summed E-state index contributed by atoms with van der Waals surface area (Å²) in [4.78, 5) is 28.2. The molecule has 24 heavy (non-hydrogen) atoms. The summed E-state index contributed by atoms with van der Waals surface area (Å²) in [5, 5.41) is 16.4. The van der Waals surface area contributed by atoms with Crippen LogP contribution in [0, 0.1) is 12.8 Å². The first kappa shape index (κ1) is 17.9. The van der Waals surface area contributed by atoms with Crippen molar-refractivity contribution in [1.29, 1.82) is 0 Å². The highest BCUT2D eigenvalue weighted by atomic mass is 16.5. The van der Waals surface area contributed by atoms with Crippen LogP contribution in [0.4, 0.5) is 0 Å². The van der Waals surface area contributed by atoms with Crippen molar-refractivity contribution in [3.8, 4) is 0 Å². The zero-order valence-electron chi connectivity index (χ0n) is 14.4. The minimum Gasteiger partial charge on any atom is -0.481 e. The lowest BCUT2D eigenvalue weighted by molar-refractivity contribution is -0.141. The monoisotopic (exact) mass is 333 g/mol. The van der Waals surface area contributed by atoms with Gasteiger partial charge >= 0.3 is 5.97 Å². The molecule has 0 fully saturated rings. The van der Waals surface area contributed by atoms with Crippen LogP contribution in [0.5, 0.6) is 0 Å². The van der Waals surface area contributed by atoms with Crippen molar-refractivity contribution in [3.05, 3.63) is 23.0 Å². The fourth-order valence-electron chi connectivity index (χ4n) is 2.56. The standard InChI is InChI=1S/C17H23N3O4/c1-5-6-11(17(22)23)8-18-15(21)12-7-13(9(2)3)19-16-14(12)10(4)20-24-16/h7,9,11H,5-6,8H2,1-4H3,(H,18,21)(H,22,23). The molecule has 0 spiro atoms. The number of nitrogens with one attached hydrogen (secondary N) is 1. The third-order valence-corrected chi connectivity index (χ3v) is 3.97. The number of fused-ring (bicyclic) bond motifs is 1. The molecule has 1 unspecified atom stereocenters. The van der Waals surface area contributed by atoms with E-state index in [0.29, 0.717) is 28.8 Å². The summed E-state index contributed by atoms with van der Waals surface area (Å²) in [6, 6.07) is 1.72. The van der Waals surface area contributed by atoms with Gasteiger partial charge in [-0.3, -0.25) is 9.59 Å². The SMILES string of the molecule is CCCC(CNC(=O)c1cc(C(C)C)nc2onc(C)c12)C(=O)O. The van der Waals surface area contributed by atoms with E-state index in [1.807, 2.05) is 20.8 Å². The first-order chi connectivity index (χ1) is 11.3. The van der Waals surface area contributed by atoms with Crippen LogP contribution >= 0.6 is 0 Å². The highest BCUT2D eigenvalue weighted by molar-refractivity contribution is 6.06. The van der Waals surface area contributed by atoms with Crippen molar-refractivity contribution in [1.82, 2.24) is 15.5 Å². The second kappa shape index (κ2) is 7.42. The third kappa shape index (κ3) is 3.72. The number of carbonyl (C=O) groups is 2. The molecule has 0 bridgehead atoms. The zero-order valence-corrected chi connectivity index (χ0v) is 14.4. The van der Waals surface area contributed by atoms with E-state index in [2.05, 4.69) is 15.5 Å². The van der Waals surface area contributed by atoms with Gasteiger partial charge in [0.2, 0.25) is 0 Å². The van der Waals surface area contributed by atoms with E-state index >= 15 is 0 Å². The number of rotatable bonds is 7. The Morgan fingerprint density at radius 2 is 2.08 bits per heavy atom. The molecule has 2 aromatic rings. The fraction of sp³-hybridized carbons (Fsp3) is 0.529.